The average Bonchev–Trinajstić information content (AvgIpc) is 2.42. The third-order valence-corrected chi connectivity index (χ3v) is 2.89. The molecule has 0 aromatic heterocycles. The lowest BCUT2D eigenvalue weighted by molar-refractivity contribution is -0.137. The molecule has 2 N–H and O–H groups in total. The molecule has 0 atom stereocenters. The molecule has 21 heavy (non-hydrogen) atoms. The minimum absolute atomic E-state index is 0.00509. The van der Waals surface area contributed by atoms with Crippen LogP contribution in [0.25, 0.3) is 0 Å². The SMILES string of the molecule is Cc1cc(Oc2ccc(C#N)c(C(F)(F)F)c2)ccc1N. The van der Waals surface area contributed by atoms with Gasteiger partial charge >= 0.3 is 6.18 Å². The highest BCUT2D eigenvalue weighted by Crippen LogP contribution is 2.35. The quantitative estimate of drug-likeness (QED) is 0.841. The molecule has 0 bridgehead atoms. The number of halogens is 3. The van der Waals surface area contributed by atoms with Crippen LogP contribution in [0.1, 0.15) is 16.7 Å². The van der Waals surface area contributed by atoms with Gasteiger partial charge in [0.1, 0.15) is 11.5 Å². The van der Waals surface area contributed by atoms with Gasteiger partial charge in [-0.25, -0.2) is 0 Å². The number of hydrogen-bond donors (Lipinski definition) is 1. The summed E-state index contributed by atoms with van der Waals surface area (Å²) in [6.45, 7) is 1.77. The van der Waals surface area contributed by atoms with Gasteiger partial charge in [-0.15, -0.1) is 0 Å². The van der Waals surface area contributed by atoms with Crippen LogP contribution in [-0.4, -0.2) is 0 Å². The van der Waals surface area contributed by atoms with Gasteiger partial charge in [0.2, 0.25) is 0 Å². The number of benzene rings is 2. The van der Waals surface area contributed by atoms with Gasteiger partial charge in [0.25, 0.3) is 0 Å². The lowest BCUT2D eigenvalue weighted by Gasteiger charge is -2.12. The van der Waals surface area contributed by atoms with Crippen molar-refractivity contribution in [2.75, 3.05) is 5.73 Å². The lowest BCUT2D eigenvalue weighted by Crippen LogP contribution is -2.07. The molecule has 0 radical (unpaired) electrons. The minimum atomic E-state index is -4.61. The van der Waals surface area contributed by atoms with Crippen molar-refractivity contribution in [1.29, 1.82) is 5.26 Å². The molecule has 0 unspecified atom stereocenters. The Morgan fingerprint density at radius 3 is 2.29 bits per heavy atom. The summed E-state index contributed by atoms with van der Waals surface area (Å²) in [5, 5.41) is 8.72. The van der Waals surface area contributed by atoms with E-state index < -0.39 is 17.3 Å². The van der Waals surface area contributed by atoms with Crippen LogP contribution in [0, 0.1) is 18.3 Å². The monoisotopic (exact) mass is 292 g/mol. The Morgan fingerprint density at radius 1 is 1.10 bits per heavy atom. The molecule has 0 saturated carbocycles. The first-order valence-electron chi connectivity index (χ1n) is 5.96. The normalized spacial score (nSPS) is 11.0. The van der Waals surface area contributed by atoms with Crippen molar-refractivity contribution in [3.8, 4) is 17.6 Å². The number of nitrogens with zero attached hydrogens (tertiary/aromatic N) is 1. The van der Waals surface area contributed by atoms with Crippen molar-refractivity contribution in [3.63, 3.8) is 0 Å². The zero-order chi connectivity index (χ0) is 15.6. The second kappa shape index (κ2) is 5.37. The van der Waals surface area contributed by atoms with Gasteiger partial charge in [-0.3, -0.25) is 0 Å². The standard InChI is InChI=1S/C15H11F3N2O/c1-9-6-11(4-5-14(9)20)21-12-3-2-10(8-19)13(7-12)15(16,17)18/h2-7H,20H2,1H3. The van der Waals surface area contributed by atoms with E-state index in [1.807, 2.05) is 0 Å². The Bertz CT molecular complexity index is 718. The molecule has 2 rings (SSSR count). The molecule has 0 heterocycles. The van der Waals surface area contributed by atoms with Gasteiger partial charge in [-0.05, 0) is 48.9 Å². The number of nitrogen functional groups attached to an aromatic ring is 1. The number of nitriles is 1. The molecule has 0 aliphatic carbocycles. The predicted octanol–water partition coefficient (Wildman–Crippen LogP) is 4.26. The Balaban J connectivity index is 2.37. The second-order valence-corrected chi connectivity index (χ2v) is 4.44. The van der Waals surface area contributed by atoms with E-state index >= 15 is 0 Å². The first kappa shape index (κ1) is 14.7. The molecule has 0 fully saturated rings. The predicted molar refractivity (Wildman–Crippen MR) is 71.8 cm³/mol. The maximum absolute atomic E-state index is 12.8. The molecular weight excluding hydrogens is 281 g/mol. The van der Waals surface area contributed by atoms with Gasteiger partial charge in [0.05, 0.1) is 17.2 Å². The minimum Gasteiger partial charge on any atom is -0.457 e. The first-order chi connectivity index (χ1) is 9.81. The Labute approximate surface area is 119 Å². The van der Waals surface area contributed by atoms with E-state index in [1.54, 1.807) is 25.1 Å². The number of anilines is 1. The van der Waals surface area contributed by atoms with E-state index in [0.717, 1.165) is 17.7 Å². The van der Waals surface area contributed by atoms with Crippen molar-refractivity contribution in [2.45, 2.75) is 13.1 Å². The summed E-state index contributed by atoms with van der Waals surface area (Å²) >= 11 is 0. The summed E-state index contributed by atoms with van der Waals surface area (Å²) in [5.74, 6) is 0.380. The summed E-state index contributed by atoms with van der Waals surface area (Å²) in [5.41, 5.74) is 5.53. The molecule has 0 spiro atoms. The molecule has 3 nitrogen and oxygen atoms in total. The average molecular weight is 292 g/mol. The first-order valence-corrected chi connectivity index (χ1v) is 5.96. The lowest BCUT2D eigenvalue weighted by atomic mass is 10.1. The number of nitrogens with two attached hydrogens (primary N) is 1. The fourth-order valence-corrected chi connectivity index (χ4v) is 1.77. The summed E-state index contributed by atoms with van der Waals surface area (Å²) in [6.07, 6.45) is -4.61. The van der Waals surface area contributed by atoms with Crippen molar-refractivity contribution in [2.24, 2.45) is 0 Å². The molecule has 6 heteroatoms. The van der Waals surface area contributed by atoms with Gasteiger partial charge < -0.3 is 10.5 Å². The van der Waals surface area contributed by atoms with Gasteiger partial charge in [-0.1, -0.05) is 0 Å². The fraction of sp³-hybridized carbons (Fsp3) is 0.133. The smallest absolute Gasteiger partial charge is 0.417 e. The van der Waals surface area contributed by atoms with Crippen LogP contribution in [0.3, 0.4) is 0 Å². The Morgan fingerprint density at radius 2 is 1.71 bits per heavy atom. The van der Waals surface area contributed by atoms with E-state index in [4.69, 9.17) is 15.7 Å². The molecule has 0 aliphatic heterocycles. The number of alkyl halides is 3. The van der Waals surface area contributed by atoms with Crippen LogP contribution in [-0.2, 0) is 6.18 Å². The fourth-order valence-electron chi connectivity index (χ4n) is 1.77. The number of aryl methyl sites for hydroxylation is 1. The topological polar surface area (TPSA) is 59.0 Å². The maximum atomic E-state index is 12.8. The highest BCUT2D eigenvalue weighted by molar-refractivity contribution is 5.51. The number of hydrogen-bond acceptors (Lipinski definition) is 3. The van der Waals surface area contributed by atoms with Gasteiger partial charge in [0.15, 0.2) is 0 Å². The molecule has 0 saturated heterocycles. The van der Waals surface area contributed by atoms with E-state index in [1.165, 1.54) is 12.1 Å². The van der Waals surface area contributed by atoms with Crippen LogP contribution in [0.4, 0.5) is 18.9 Å². The van der Waals surface area contributed by atoms with Crippen LogP contribution in [0.2, 0.25) is 0 Å². The summed E-state index contributed by atoms with van der Waals surface area (Å²) in [4.78, 5) is 0. The molecule has 0 amide bonds. The molecular formula is C15H11F3N2O. The molecule has 108 valence electrons. The summed E-state index contributed by atoms with van der Waals surface area (Å²) < 4.78 is 43.9. The van der Waals surface area contributed by atoms with Gasteiger partial charge in [-0.2, -0.15) is 18.4 Å². The summed E-state index contributed by atoms with van der Waals surface area (Å²) in [7, 11) is 0. The van der Waals surface area contributed by atoms with Crippen molar-refractivity contribution in [3.05, 3.63) is 53.1 Å². The highest BCUT2D eigenvalue weighted by atomic mass is 19.4. The zero-order valence-corrected chi connectivity index (χ0v) is 11.0. The highest BCUT2D eigenvalue weighted by Gasteiger charge is 2.34. The Hall–Kier alpha value is -2.68. The molecule has 2 aromatic carbocycles. The summed E-state index contributed by atoms with van der Waals surface area (Å²) in [6, 6.07) is 9.53. The van der Waals surface area contributed by atoms with Crippen LogP contribution >= 0.6 is 0 Å². The third kappa shape index (κ3) is 3.26. The van der Waals surface area contributed by atoms with E-state index in [-0.39, 0.29) is 5.75 Å². The molecule has 0 aliphatic rings. The zero-order valence-electron chi connectivity index (χ0n) is 11.0. The van der Waals surface area contributed by atoms with Gasteiger partial charge in [0, 0.05) is 5.69 Å². The Kier molecular flexibility index (Phi) is 3.76. The number of ether oxygens (including phenoxy) is 1. The third-order valence-electron chi connectivity index (χ3n) is 2.89. The van der Waals surface area contributed by atoms with Crippen molar-refractivity contribution >= 4 is 5.69 Å². The van der Waals surface area contributed by atoms with Crippen molar-refractivity contribution < 1.29 is 17.9 Å². The van der Waals surface area contributed by atoms with Crippen molar-refractivity contribution in [1.82, 2.24) is 0 Å². The van der Waals surface area contributed by atoms with Crippen LogP contribution in [0.15, 0.2) is 36.4 Å². The molecule has 2 aromatic rings. The number of rotatable bonds is 2. The maximum Gasteiger partial charge on any atom is 0.417 e. The van der Waals surface area contributed by atoms with E-state index in [2.05, 4.69) is 0 Å². The largest absolute Gasteiger partial charge is 0.457 e. The van der Waals surface area contributed by atoms with E-state index in [0.29, 0.717) is 11.4 Å². The van der Waals surface area contributed by atoms with E-state index in [9.17, 15) is 13.2 Å². The van der Waals surface area contributed by atoms with Crippen LogP contribution in [0.5, 0.6) is 11.5 Å². The second-order valence-electron chi connectivity index (χ2n) is 4.44. The van der Waals surface area contributed by atoms with Crippen LogP contribution < -0.4 is 10.5 Å².